The van der Waals surface area contributed by atoms with E-state index in [1.54, 1.807) is 0 Å². The van der Waals surface area contributed by atoms with E-state index in [1.165, 1.54) is 18.4 Å². The molecule has 0 aliphatic heterocycles. The van der Waals surface area contributed by atoms with Gasteiger partial charge in [0.15, 0.2) is 0 Å². The Morgan fingerprint density at radius 2 is 1.92 bits per heavy atom. The molecule has 1 nitrogen and oxygen atoms in total. The zero-order valence-corrected chi connectivity index (χ0v) is 8.37. The highest BCUT2D eigenvalue weighted by Gasteiger charge is 2.03. The van der Waals surface area contributed by atoms with E-state index < -0.39 is 0 Å². The van der Waals surface area contributed by atoms with Crippen LogP contribution in [0, 0.1) is 5.92 Å². The van der Waals surface area contributed by atoms with Crippen molar-refractivity contribution in [2.75, 3.05) is 6.54 Å². The number of aryl methyl sites for hydroxylation is 1. The van der Waals surface area contributed by atoms with Crippen LogP contribution in [0.2, 0.25) is 0 Å². The SMILES string of the molecule is CCC(CN)CCc1ccccc1. The molecule has 1 aromatic carbocycles. The van der Waals surface area contributed by atoms with Gasteiger partial charge < -0.3 is 5.73 Å². The predicted octanol–water partition coefficient (Wildman–Crippen LogP) is 2.60. The normalized spacial score (nSPS) is 12.8. The summed E-state index contributed by atoms with van der Waals surface area (Å²) in [6.07, 6.45) is 3.58. The number of hydrogen-bond acceptors (Lipinski definition) is 1. The molecule has 1 atom stereocenters. The van der Waals surface area contributed by atoms with Crippen LogP contribution in [0.1, 0.15) is 25.3 Å². The Morgan fingerprint density at radius 3 is 2.46 bits per heavy atom. The fourth-order valence-electron chi connectivity index (χ4n) is 1.50. The fraction of sp³-hybridized carbons (Fsp3) is 0.500. The van der Waals surface area contributed by atoms with Gasteiger partial charge in [-0.25, -0.2) is 0 Å². The van der Waals surface area contributed by atoms with Crippen LogP contribution in [0.5, 0.6) is 0 Å². The molecule has 1 aromatic rings. The first-order chi connectivity index (χ1) is 6.36. The molecule has 0 radical (unpaired) electrons. The van der Waals surface area contributed by atoms with E-state index >= 15 is 0 Å². The quantitative estimate of drug-likeness (QED) is 0.735. The summed E-state index contributed by atoms with van der Waals surface area (Å²) in [6.45, 7) is 3.03. The average Bonchev–Trinajstić information content (AvgIpc) is 2.21. The van der Waals surface area contributed by atoms with Crippen molar-refractivity contribution >= 4 is 0 Å². The van der Waals surface area contributed by atoms with Gasteiger partial charge in [-0.15, -0.1) is 0 Å². The predicted molar refractivity (Wildman–Crippen MR) is 57.6 cm³/mol. The number of benzene rings is 1. The Morgan fingerprint density at radius 1 is 1.23 bits per heavy atom. The molecule has 0 aliphatic carbocycles. The van der Waals surface area contributed by atoms with Gasteiger partial charge in [0.2, 0.25) is 0 Å². The molecule has 2 N–H and O–H groups in total. The molecule has 72 valence electrons. The van der Waals surface area contributed by atoms with E-state index in [1.807, 2.05) is 0 Å². The number of hydrogen-bond donors (Lipinski definition) is 1. The van der Waals surface area contributed by atoms with Crippen molar-refractivity contribution in [3.05, 3.63) is 35.9 Å². The molecule has 0 saturated heterocycles. The summed E-state index contributed by atoms with van der Waals surface area (Å²) in [5, 5.41) is 0. The van der Waals surface area contributed by atoms with E-state index in [4.69, 9.17) is 5.73 Å². The Balaban J connectivity index is 2.34. The fourth-order valence-corrected chi connectivity index (χ4v) is 1.50. The van der Waals surface area contributed by atoms with E-state index in [0.29, 0.717) is 5.92 Å². The third-order valence-corrected chi connectivity index (χ3v) is 2.59. The van der Waals surface area contributed by atoms with Crippen LogP contribution in [0.25, 0.3) is 0 Å². The molecule has 1 unspecified atom stereocenters. The van der Waals surface area contributed by atoms with Crippen LogP contribution in [0.4, 0.5) is 0 Å². The summed E-state index contributed by atoms with van der Waals surface area (Å²) in [6, 6.07) is 10.6. The van der Waals surface area contributed by atoms with Gasteiger partial charge in [-0.05, 0) is 30.9 Å². The lowest BCUT2D eigenvalue weighted by Gasteiger charge is -2.11. The molecule has 0 fully saturated rings. The van der Waals surface area contributed by atoms with E-state index in [0.717, 1.165) is 13.0 Å². The van der Waals surface area contributed by atoms with Crippen LogP contribution in [-0.2, 0) is 6.42 Å². The van der Waals surface area contributed by atoms with Crippen molar-refractivity contribution in [2.24, 2.45) is 11.7 Å². The minimum atomic E-state index is 0.695. The zero-order valence-electron chi connectivity index (χ0n) is 8.37. The lowest BCUT2D eigenvalue weighted by molar-refractivity contribution is 0.482. The summed E-state index contributed by atoms with van der Waals surface area (Å²) in [5.74, 6) is 0.695. The summed E-state index contributed by atoms with van der Waals surface area (Å²) >= 11 is 0. The maximum absolute atomic E-state index is 5.65. The first-order valence-corrected chi connectivity index (χ1v) is 5.10. The molecule has 13 heavy (non-hydrogen) atoms. The largest absolute Gasteiger partial charge is 0.330 e. The molecule has 1 rings (SSSR count). The van der Waals surface area contributed by atoms with Crippen LogP contribution in [0.3, 0.4) is 0 Å². The Bertz CT molecular complexity index is 214. The average molecular weight is 177 g/mol. The minimum Gasteiger partial charge on any atom is -0.330 e. The Labute approximate surface area is 81.0 Å². The lowest BCUT2D eigenvalue weighted by atomic mass is 9.97. The first-order valence-electron chi connectivity index (χ1n) is 5.10. The summed E-state index contributed by atoms with van der Waals surface area (Å²) in [5.41, 5.74) is 7.07. The summed E-state index contributed by atoms with van der Waals surface area (Å²) < 4.78 is 0. The molecule has 0 aromatic heterocycles. The van der Waals surface area contributed by atoms with Gasteiger partial charge in [0.25, 0.3) is 0 Å². The third-order valence-electron chi connectivity index (χ3n) is 2.59. The summed E-state index contributed by atoms with van der Waals surface area (Å²) in [4.78, 5) is 0. The van der Waals surface area contributed by atoms with Crippen molar-refractivity contribution in [1.82, 2.24) is 0 Å². The Kier molecular flexibility index (Phi) is 4.55. The number of nitrogens with two attached hydrogens (primary N) is 1. The van der Waals surface area contributed by atoms with Crippen molar-refractivity contribution < 1.29 is 0 Å². The zero-order chi connectivity index (χ0) is 9.52. The molecule has 0 saturated carbocycles. The smallest absolute Gasteiger partial charge is 0.00489 e. The van der Waals surface area contributed by atoms with Crippen LogP contribution >= 0.6 is 0 Å². The van der Waals surface area contributed by atoms with Gasteiger partial charge in [0, 0.05) is 0 Å². The van der Waals surface area contributed by atoms with Crippen LogP contribution < -0.4 is 5.73 Å². The molecule has 0 heterocycles. The van der Waals surface area contributed by atoms with Crippen molar-refractivity contribution in [3.63, 3.8) is 0 Å². The van der Waals surface area contributed by atoms with Gasteiger partial charge in [-0.1, -0.05) is 43.7 Å². The van der Waals surface area contributed by atoms with E-state index in [9.17, 15) is 0 Å². The Hall–Kier alpha value is -0.820. The first kappa shape index (κ1) is 10.3. The second kappa shape index (κ2) is 5.76. The molecule has 0 amide bonds. The van der Waals surface area contributed by atoms with Crippen LogP contribution in [-0.4, -0.2) is 6.54 Å². The van der Waals surface area contributed by atoms with Gasteiger partial charge >= 0.3 is 0 Å². The highest BCUT2D eigenvalue weighted by Crippen LogP contribution is 2.11. The highest BCUT2D eigenvalue weighted by atomic mass is 14.5. The molecule has 1 heteroatoms. The molecule has 0 spiro atoms. The lowest BCUT2D eigenvalue weighted by Crippen LogP contribution is -2.14. The maximum atomic E-state index is 5.65. The molecular weight excluding hydrogens is 158 g/mol. The second-order valence-corrected chi connectivity index (χ2v) is 3.53. The molecular formula is C12H19N. The number of rotatable bonds is 5. The van der Waals surface area contributed by atoms with Crippen molar-refractivity contribution in [2.45, 2.75) is 26.2 Å². The van der Waals surface area contributed by atoms with Crippen molar-refractivity contribution in [3.8, 4) is 0 Å². The second-order valence-electron chi connectivity index (χ2n) is 3.53. The van der Waals surface area contributed by atoms with Crippen LogP contribution in [0.15, 0.2) is 30.3 Å². The maximum Gasteiger partial charge on any atom is -0.00489 e. The van der Waals surface area contributed by atoms with E-state index in [2.05, 4.69) is 37.3 Å². The van der Waals surface area contributed by atoms with Gasteiger partial charge in [-0.3, -0.25) is 0 Å². The minimum absolute atomic E-state index is 0.695. The van der Waals surface area contributed by atoms with Gasteiger partial charge in [0.1, 0.15) is 0 Å². The highest BCUT2D eigenvalue weighted by molar-refractivity contribution is 5.14. The van der Waals surface area contributed by atoms with Gasteiger partial charge in [0.05, 0.1) is 0 Å². The molecule has 0 bridgehead atoms. The third kappa shape index (κ3) is 3.60. The standard InChI is InChI=1S/C12H19N/c1-2-11(10-13)8-9-12-6-4-3-5-7-12/h3-7,11H,2,8-10,13H2,1H3. The van der Waals surface area contributed by atoms with E-state index in [-0.39, 0.29) is 0 Å². The summed E-state index contributed by atoms with van der Waals surface area (Å²) in [7, 11) is 0. The molecule has 0 aliphatic rings. The monoisotopic (exact) mass is 177 g/mol. The topological polar surface area (TPSA) is 26.0 Å². The van der Waals surface area contributed by atoms with Gasteiger partial charge in [-0.2, -0.15) is 0 Å². The van der Waals surface area contributed by atoms with Crippen molar-refractivity contribution in [1.29, 1.82) is 0 Å².